The zero-order valence-electron chi connectivity index (χ0n) is 13.3. The van der Waals surface area contributed by atoms with Gasteiger partial charge < -0.3 is 0 Å². The van der Waals surface area contributed by atoms with Gasteiger partial charge in [0.15, 0.2) is 0 Å². The van der Waals surface area contributed by atoms with Gasteiger partial charge >= 0.3 is 0 Å². The summed E-state index contributed by atoms with van der Waals surface area (Å²) in [6, 6.07) is 25.2. The zero-order chi connectivity index (χ0) is 16.5. The van der Waals surface area contributed by atoms with Gasteiger partial charge in [-0.05, 0) is 36.8 Å². The van der Waals surface area contributed by atoms with Crippen LogP contribution in [0.1, 0.15) is 5.56 Å². The van der Waals surface area contributed by atoms with Crippen molar-refractivity contribution in [3.63, 3.8) is 0 Å². The lowest BCUT2D eigenvalue weighted by atomic mass is 10.1. The number of fused-ring (bicyclic) bond motifs is 1. The monoisotopic (exact) mass is 312 g/mol. The van der Waals surface area contributed by atoms with E-state index in [2.05, 4.69) is 0 Å². The van der Waals surface area contributed by atoms with E-state index < -0.39 is 0 Å². The summed E-state index contributed by atoms with van der Waals surface area (Å²) in [5.41, 5.74) is 3.51. The molecule has 3 aromatic carbocycles. The number of nitrogens with zero attached hydrogens (tertiary/aromatic N) is 2. The minimum absolute atomic E-state index is 0.0509. The highest BCUT2D eigenvalue weighted by molar-refractivity contribution is 5.80. The molecular weight excluding hydrogens is 296 g/mol. The number of aromatic nitrogens is 2. The molecule has 0 aliphatic heterocycles. The molecule has 0 fully saturated rings. The van der Waals surface area contributed by atoms with Crippen LogP contribution in [0.25, 0.3) is 28.0 Å². The van der Waals surface area contributed by atoms with Gasteiger partial charge in [-0.2, -0.15) is 0 Å². The average Bonchev–Trinajstić information content (AvgIpc) is 2.62. The van der Waals surface area contributed by atoms with E-state index in [1.165, 1.54) is 0 Å². The normalized spacial score (nSPS) is 10.9. The van der Waals surface area contributed by atoms with Crippen molar-refractivity contribution >= 4 is 10.9 Å². The molecule has 0 spiro atoms. The highest BCUT2D eigenvalue weighted by Crippen LogP contribution is 2.22. The van der Waals surface area contributed by atoms with E-state index in [0.717, 1.165) is 16.8 Å². The summed E-state index contributed by atoms with van der Waals surface area (Å²) in [5.74, 6) is 0.657. The van der Waals surface area contributed by atoms with E-state index in [1.807, 2.05) is 85.8 Å². The molecule has 0 aliphatic rings. The Bertz CT molecular complexity index is 1080. The molecule has 1 heterocycles. The fourth-order valence-electron chi connectivity index (χ4n) is 2.92. The topological polar surface area (TPSA) is 34.9 Å². The minimum atomic E-state index is -0.0509. The SMILES string of the molecule is Cc1cccc(-n2c(-c3ccccc3)nc3ccccc3c2=O)c1. The second-order valence-electron chi connectivity index (χ2n) is 5.80. The van der Waals surface area contributed by atoms with Crippen LogP contribution in [0.5, 0.6) is 0 Å². The van der Waals surface area contributed by atoms with Gasteiger partial charge in [-0.1, -0.05) is 54.6 Å². The number of hydrogen-bond donors (Lipinski definition) is 0. The highest BCUT2D eigenvalue weighted by Gasteiger charge is 2.14. The standard InChI is InChI=1S/C21H16N2O/c1-15-8-7-11-17(14-15)23-20(16-9-3-2-4-10-16)22-19-13-6-5-12-18(19)21(23)24/h2-14H,1H3. The molecule has 0 radical (unpaired) electrons. The maximum Gasteiger partial charge on any atom is 0.266 e. The molecule has 0 amide bonds. The first-order valence-corrected chi connectivity index (χ1v) is 7.88. The second kappa shape index (κ2) is 5.78. The lowest BCUT2D eigenvalue weighted by molar-refractivity contribution is 0.974. The minimum Gasteiger partial charge on any atom is -0.268 e. The number of aryl methyl sites for hydroxylation is 1. The Hall–Kier alpha value is -3.20. The Morgan fingerprint density at radius 2 is 1.58 bits per heavy atom. The van der Waals surface area contributed by atoms with Gasteiger partial charge in [0, 0.05) is 5.56 Å². The molecule has 0 bridgehead atoms. The third-order valence-electron chi connectivity index (χ3n) is 4.07. The summed E-state index contributed by atoms with van der Waals surface area (Å²) < 4.78 is 1.70. The van der Waals surface area contributed by atoms with Crippen molar-refractivity contribution in [1.82, 2.24) is 9.55 Å². The van der Waals surface area contributed by atoms with Gasteiger partial charge in [0.2, 0.25) is 0 Å². The summed E-state index contributed by atoms with van der Waals surface area (Å²) in [4.78, 5) is 17.9. The van der Waals surface area contributed by atoms with E-state index in [4.69, 9.17) is 4.98 Å². The molecular formula is C21H16N2O. The van der Waals surface area contributed by atoms with Crippen LogP contribution >= 0.6 is 0 Å². The first-order valence-electron chi connectivity index (χ1n) is 7.88. The number of benzene rings is 3. The van der Waals surface area contributed by atoms with Gasteiger partial charge in [0.05, 0.1) is 16.6 Å². The third-order valence-corrected chi connectivity index (χ3v) is 4.07. The maximum absolute atomic E-state index is 13.2. The molecule has 24 heavy (non-hydrogen) atoms. The van der Waals surface area contributed by atoms with E-state index >= 15 is 0 Å². The largest absolute Gasteiger partial charge is 0.268 e. The molecule has 0 aliphatic carbocycles. The molecule has 3 heteroatoms. The molecule has 1 aromatic heterocycles. The first kappa shape index (κ1) is 14.4. The van der Waals surface area contributed by atoms with Crippen molar-refractivity contribution in [2.75, 3.05) is 0 Å². The number of para-hydroxylation sites is 1. The Kier molecular flexibility index (Phi) is 3.47. The van der Waals surface area contributed by atoms with Crippen molar-refractivity contribution in [1.29, 1.82) is 0 Å². The van der Waals surface area contributed by atoms with Crippen molar-refractivity contribution in [2.45, 2.75) is 6.92 Å². The molecule has 4 rings (SSSR count). The summed E-state index contributed by atoms with van der Waals surface area (Å²) in [6.45, 7) is 2.02. The molecule has 0 saturated heterocycles. The predicted molar refractivity (Wildman–Crippen MR) is 97.5 cm³/mol. The van der Waals surface area contributed by atoms with Crippen molar-refractivity contribution in [3.8, 4) is 17.1 Å². The molecule has 4 aromatic rings. The van der Waals surface area contributed by atoms with E-state index in [-0.39, 0.29) is 5.56 Å². The lowest BCUT2D eigenvalue weighted by Crippen LogP contribution is -2.22. The van der Waals surface area contributed by atoms with Crippen molar-refractivity contribution in [3.05, 3.63) is 94.8 Å². The Morgan fingerprint density at radius 1 is 0.833 bits per heavy atom. The lowest BCUT2D eigenvalue weighted by Gasteiger charge is -2.14. The number of hydrogen-bond acceptors (Lipinski definition) is 2. The van der Waals surface area contributed by atoms with Crippen LogP contribution in [0.3, 0.4) is 0 Å². The van der Waals surface area contributed by atoms with Crippen LogP contribution < -0.4 is 5.56 Å². The zero-order valence-corrected chi connectivity index (χ0v) is 13.3. The maximum atomic E-state index is 13.2. The predicted octanol–water partition coefficient (Wildman–Crippen LogP) is 4.36. The van der Waals surface area contributed by atoms with E-state index in [9.17, 15) is 4.79 Å². The highest BCUT2D eigenvalue weighted by atomic mass is 16.1. The van der Waals surface area contributed by atoms with Crippen LogP contribution in [0.4, 0.5) is 0 Å². The second-order valence-corrected chi connectivity index (χ2v) is 5.80. The molecule has 0 atom stereocenters. The van der Waals surface area contributed by atoms with Gasteiger partial charge in [-0.3, -0.25) is 9.36 Å². The van der Waals surface area contributed by atoms with Crippen molar-refractivity contribution in [2.24, 2.45) is 0 Å². The molecule has 0 saturated carbocycles. The number of rotatable bonds is 2. The van der Waals surface area contributed by atoms with Gasteiger partial charge in [-0.15, -0.1) is 0 Å². The summed E-state index contributed by atoms with van der Waals surface area (Å²) in [7, 11) is 0. The van der Waals surface area contributed by atoms with Crippen molar-refractivity contribution < 1.29 is 0 Å². The Balaban J connectivity index is 2.13. The molecule has 0 N–H and O–H groups in total. The van der Waals surface area contributed by atoms with Crippen LogP contribution in [0, 0.1) is 6.92 Å². The van der Waals surface area contributed by atoms with Gasteiger partial charge in [0.1, 0.15) is 5.82 Å². The average molecular weight is 312 g/mol. The van der Waals surface area contributed by atoms with Gasteiger partial charge in [-0.25, -0.2) is 4.98 Å². The molecule has 0 unspecified atom stereocenters. The molecule has 116 valence electrons. The Labute approximate surface area is 139 Å². The van der Waals surface area contributed by atoms with Crippen LogP contribution in [0.2, 0.25) is 0 Å². The quantitative estimate of drug-likeness (QED) is 0.551. The third kappa shape index (κ3) is 2.40. The van der Waals surface area contributed by atoms with Crippen LogP contribution in [-0.4, -0.2) is 9.55 Å². The van der Waals surface area contributed by atoms with Crippen LogP contribution in [0.15, 0.2) is 83.7 Å². The Morgan fingerprint density at radius 3 is 2.38 bits per heavy atom. The fourth-order valence-corrected chi connectivity index (χ4v) is 2.92. The first-order chi connectivity index (χ1) is 11.7. The summed E-state index contributed by atoms with van der Waals surface area (Å²) in [6.07, 6.45) is 0. The van der Waals surface area contributed by atoms with Gasteiger partial charge in [0.25, 0.3) is 5.56 Å². The fraction of sp³-hybridized carbons (Fsp3) is 0.0476. The molecule has 3 nitrogen and oxygen atoms in total. The summed E-state index contributed by atoms with van der Waals surface area (Å²) >= 11 is 0. The smallest absolute Gasteiger partial charge is 0.266 e. The van der Waals surface area contributed by atoms with E-state index in [0.29, 0.717) is 16.7 Å². The van der Waals surface area contributed by atoms with Crippen LogP contribution in [-0.2, 0) is 0 Å². The summed E-state index contributed by atoms with van der Waals surface area (Å²) in [5, 5.41) is 0.624. The van der Waals surface area contributed by atoms with E-state index in [1.54, 1.807) is 4.57 Å².